The van der Waals surface area contributed by atoms with Crippen LogP contribution in [0.15, 0.2) is 60.9 Å². The van der Waals surface area contributed by atoms with Crippen LogP contribution in [0.1, 0.15) is 30.4 Å². The first-order valence-electron chi connectivity index (χ1n) is 10.9. The van der Waals surface area contributed by atoms with Crippen molar-refractivity contribution in [3.8, 4) is 11.6 Å². The van der Waals surface area contributed by atoms with Crippen LogP contribution in [0, 0.1) is 6.92 Å². The van der Waals surface area contributed by atoms with E-state index in [1.165, 1.54) is 6.33 Å². The zero-order valence-electron chi connectivity index (χ0n) is 18.4. The van der Waals surface area contributed by atoms with E-state index in [4.69, 9.17) is 16.3 Å². The van der Waals surface area contributed by atoms with Gasteiger partial charge in [-0.3, -0.25) is 4.79 Å². The molecule has 7 heteroatoms. The van der Waals surface area contributed by atoms with E-state index in [1.807, 2.05) is 66.4 Å². The van der Waals surface area contributed by atoms with Crippen LogP contribution in [0.5, 0.6) is 11.6 Å². The second-order valence-corrected chi connectivity index (χ2v) is 8.34. The average molecular weight is 451 g/mol. The number of rotatable bonds is 6. The maximum Gasteiger partial charge on any atom is 0.230 e. The van der Waals surface area contributed by atoms with Crippen molar-refractivity contribution in [2.45, 2.75) is 26.2 Å². The van der Waals surface area contributed by atoms with Gasteiger partial charge in [0.1, 0.15) is 17.9 Å². The maximum absolute atomic E-state index is 13.1. The van der Waals surface area contributed by atoms with Crippen molar-refractivity contribution in [3.05, 3.63) is 77.1 Å². The van der Waals surface area contributed by atoms with Gasteiger partial charge in [-0.1, -0.05) is 54.9 Å². The average Bonchev–Trinajstić information content (AvgIpc) is 2.83. The molecular weight excluding hydrogens is 424 g/mol. The highest BCUT2D eigenvalue weighted by Gasteiger charge is 2.28. The van der Waals surface area contributed by atoms with Gasteiger partial charge in [-0.15, -0.1) is 0 Å². The normalized spacial score (nSPS) is 14.8. The van der Waals surface area contributed by atoms with Gasteiger partial charge in [-0.2, -0.15) is 0 Å². The molecule has 3 aromatic rings. The third kappa shape index (κ3) is 5.02. The van der Waals surface area contributed by atoms with Gasteiger partial charge in [0.15, 0.2) is 0 Å². The summed E-state index contributed by atoms with van der Waals surface area (Å²) in [5, 5.41) is 0.534. The summed E-state index contributed by atoms with van der Waals surface area (Å²) in [7, 11) is 0. The van der Waals surface area contributed by atoms with Gasteiger partial charge < -0.3 is 14.5 Å². The lowest BCUT2D eigenvalue weighted by Crippen LogP contribution is -2.50. The summed E-state index contributed by atoms with van der Waals surface area (Å²) >= 11 is 6.25. The topological polar surface area (TPSA) is 58.6 Å². The molecule has 0 radical (unpaired) electrons. The van der Waals surface area contributed by atoms with Gasteiger partial charge in [-0.25, -0.2) is 9.97 Å². The van der Waals surface area contributed by atoms with Gasteiger partial charge in [0.05, 0.1) is 10.9 Å². The van der Waals surface area contributed by atoms with Gasteiger partial charge in [-0.05, 0) is 36.6 Å². The fraction of sp³-hybridized carbons (Fsp3) is 0.320. The zero-order valence-corrected chi connectivity index (χ0v) is 19.1. The second-order valence-electron chi connectivity index (χ2n) is 7.93. The van der Waals surface area contributed by atoms with E-state index in [0.29, 0.717) is 42.8 Å². The molecule has 1 fully saturated rings. The van der Waals surface area contributed by atoms with Crippen LogP contribution in [0.4, 0.5) is 5.82 Å². The fourth-order valence-corrected chi connectivity index (χ4v) is 4.13. The molecule has 32 heavy (non-hydrogen) atoms. The van der Waals surface area contributed by atoms with Crippen molar-refractivity contribution < 1.29 is 9.53 Å². The molecule has 166 valence electrons. The number of ether oxygens (including phenoxy) is 1. The molecule has 1 amide bonds. The summed E-state index contributed by atoms with van der Waals surface area (Å²) in [6.07, 6.45) is 2.28. The number of carbonyl (C=O) groups is 1. The number of nitrogens with zero attached hydrogens (tertiary/aromatic N) is 4. The third-order valence-corrected chi connectivity index (χ3v) is 6.06. The molecule has 2 heterocycles. The summed E-state index contributed by atoms with van der Waals surface area (Å²) in [5.74, 6) is 1.88. The molecule has 4 rings (SSSR count). The first-order chi connectivity index (χ1) is 15.5. The summed E-state index contributed by atoms with van der Waals surface area (Å²) in [5.41, 5.74) is 2.13. The number of hydrogen-bond donors (Lipinski definition) is 0. The van der Waals surface area contributed by atoms with Crippen molar-refractivity contribution in [1.29, 1.82) is 0 Å². The lowest BCUT2D eigenvalue weighted by atomic mass is 9.95. The Labute approximate surface area is 193 Å². The molecule has 0 N–H and O–H groups in total. The number of amides is 1. The molecule has 1 aliphatic heterocycles. The van der Waals surface area contributed by atoms with E-state index in [9.17, 15) is 4.79 Å². The Morgan fingerprint density at radius 3 is 2.53 bits per heavy atom. The molecular formula is C25H27ClN4O2. The molecule has 1 aliphatic rings. The van der Waals surface area contributed by atoms with Crippen LogP contribution in [-0.2, 0) is 4.79 Å². The van der Waals surface area contributed by atoms with Crippen molar-refractivity contribution >= 4 is 23.3 Å². The van der Waals surface area contributed by atoms with Gasteiger partial charge in [0.25, 0.3) is 0 Å². The minimum absolute atomic E-state index is 0.0964. The SMILES string of the molecule is CC[C@@H](C(=O)N1CCN(c2cc(Oc3cc(C)ccc3Cl)ncn2)CC1)c1ccccc1. The number of benzene rings is 2. The van der Waals surface area contributed by atoms with Crippen LogP contribution in [-0.4, -0.2) is 47.0 Å². The monoisotopic (exact) mass is 450 g/mol. The summed E-state index contributed by atoms with van der Waals surface area (Å²) in [6, 6.07) is 17.5. The van der Waals surface area contributed by atoms with Crippen molar-refractivity contribution in [2.75, 3.05) is 31.1 Å². The van der Waals surface area contributed by atoms with Crippen molar-refractivity contribution in [3.63, 3.8) is 0 Å². The molecule has 0 aliphatic carbocycles. The Hall–Kier alpha value is -3.12. The molecule has 1 atom stereocenters. The number of hydrogen-bond acceptors (Lipinski definition) is 5. The fourth-order valence-electron chi connectivity index (χ4n) is 3.97. The Kier molecular flexibility index (Phi) is 6.90. The minimum Gasteiger partial charge on any atom is -0.437 e. The molecule has 6 nitrogen and oxygen atoms in total. The number of carbonyl (C=O) groups excluding carboxylic acids is 1. The number of anilines is 1. The van der Waals surface area contributed by atoms with Gasteiger partial charge in [0, 0.05) is 32.2 Å². The van der Waals surface area contributed by atoms with Crippen molar-refractivity contribution in [2.24, 2.45) is 0 Å². The Morgan fingerprint density at radius 2 is 1.81 bits per heavy atom. The molecule has 0 bridgehead atoms. The molecule has 0 spiro atoms. The first-order valence-corrected chi connectivity index (χ1v) is 11.3. The largest absolute Gasteiger partial charge is 0.437 e. The van der Waals surface area contributed by atoms with Gasteiger partial charge >= 0.3 is 0 Å². The minimum atomic E-state index is -0.0964. The highest BCUT2D eigenvalue weighted by molar-refractivity contribution is 6.32. The van der Waals surface area contributed by atoms with E-state index in [2.05, 4.69) is 21.8 Å². The van der Waals surface area contributed by atoms with E-state index in [1.54, 1.807) is 0 Å². The second kappa shape index (κ2) is 10.0. The van der Waals surface area contributed by atoms with Crippen LogP contribution >= 0.6 is 11.6 Å². The number of piperazine rings is 1. The standard InChI is InChI=1S/C25H27ClN4O2/c1-3-20(19-7-5-4-6-8-19)25(31)30-13-11-29(12-14-30)23-16-24(28-17-27-23)32-22-15-18(2)9-10-21(22)26/h4-10,15-17,20H,3,11-14H2,1-2H3/t20-/m1/s1. The molecule has 1 saturated heterocycles. The molecule has 0 saturated carbocycles. The lowest BCUT2D eigenvalue weighted by molar-refractivity contribution is -0.133. The smallest absolute Gasteiger partial charge is 0.230 e. The quantitative estimate of drug-likeness (QED) is 0.524. The van der Waals surface area contributed by atoms with Crippen LogP contribution < -0.4 is 9.64 Å². The lowest BCUT2D eigenvalue weighted by Gasteiger charge is -2.37. The highest BCUT2D eigenvalue weighted by Crippen LogP contribution is 2.30. The number of aryl methyl sites for hydroxylation is 1. The number of halogens is 1. The molecule has 1 aromatic heterocycles. The summed E-state index contributed by atoms with van der Waals surface area (Å²) in [6.45, 7) is 6.78. The maximum atomic E-state index is 13.1. The molecule has 0 unspecified atom stereocenters. The Balaban J connectivity index is 1.40. The third-order valence-electron chi connectivity index (χ3n) is 5.75. The first kappa shape index (κ1) is 22.1. The van der Waals surface area contributed by atoms with E-state index in [0.717, 1.165) is 23.4 Å². The van der Waals surface area contributed by atoms with Crippen LogP contribution in [0.2, 0.25) is 5.02 Å². The molecule has 2 aromatic carbocycles. The predicted octanol–water partition coefficient (Wildman–Crippen LogP) is 5.07. The summed E-state index contributed by atoms with van der Waals surface area (Å²) in [4.78, 5) is 25.9. The van der Waals surface area contributed by atoms with Gasteiger partial charge in [0.2, 0.25) is 11.8 Å². The van der Waals surface area contributed by atoms with Crippen LogP contribution in [0.3, 0.4) is 0 Å². The van der Waals surface area contributed by atoms with E-state index >= 15 is 0 Å². The Bertz CT molecular complexity index is 1070. The highest BCUT2D eigenvalue weighted by atomic mass is 35.5. The van der Waals surface area contributed by atoms with E-state index in [-0.39, 0.29) is 11.8 Å². The Morgan fingerprint density at radius 1 is 1.06 bits per heavy atom. The van der Waals surface area contributed by atoms with E-state index < -0.39 is 0 Å². The zero-order chi connectivity index (χ0) is 22.5. The summed E-state index contributed by atoms with van der Waals surface area (Å²) < 4.78 is 5.90. The predicted molar refractivity (Wildman–Crippen MR) is 127 cm³/mol. The van der Waals surface area contributed by atoms with Crippen molar-refractivity contribution in [1.82, 2.24) is 14.9 Å². The van der Waals surface area contributed by atoms with Crippen LogP contribution in [0.25, 0.3) is 0 Å². The number of aromatic nitrogens is 2.